The van der Waals surface area contributed by atoms with Gasteiger partial charge in [-0.15, -0.1) is 0 Å². The molecule has 1 aliphatic heterocycles. The number of alkyl halides is 2. The maximum Gasteiger partial charge on any atom is 0.296 e. The number of benzene rings is 1. The van der Waals surface area contributed by atoms with Crippen molar-refractivity contribution in [3.05, 3.63) is 30.1 Å². The molecule has 156 valence electrons. The predicted octanol–water partition coefficient (Wildman–Crippen LogP) is 1.07. The third-order valence-electron chi connectivity index (χ3n) is 4.27. The van der Waals surface area contributed by atoms with E-state index in [1.54, 1.807) is 24.3 Å². The number of aliphatic imine (C=N–C) groups is 3. The lowest BCUT2D eigenvalue weighted by molar-refractivity contribution is 0.0677. The highest BCUT2D eigenvalue weighted by Crippen LogP contribution is 2.24. The highest BCUT2D eigenvalue weighted by Gasteiger charge is 2.23. The van der Waals surface area contributed by atoms with Crippen molar-refractivity contribution in [3.8, 4) is 0 Å². The van der Waals surface area contributed by atoms with Crippen molar-refractivity contribution < 1.29 is 13.5 Å². The second-order valence-corrected chi connectivity index (χ2v) is 6.17. The summed E-state index contributed by atoms with van der Waals surface area (Å²) < 4.78 is 34.1. The molecule has 0 spiro atoms. The SMILES string of the molecule is C=N/C(=N\C(=N/CNCCN)n1c(C(F)F)nc2ccccc21)N1CCOCC1. The van der Waals surface area contributed by atoms with Crippen LogP contribution in [0.2, 0.25) is 0 Å². The van der Waals surface area contributed by atoms with Gasteiger partial charge in [-0.25, -0.2) is 23.7 Å². The summed E-state index contributed by atoms with van der Waals surface area (Å²) in [7, 11) is 0. The Kier molecular flexibility index (Phi) is 7.33. The molecule has 2 heterocycles. The Balaban J connectivity index is 2.08. The minimum absolute atomic E-state index is 0.0485. The molecule has 0 atom stereocenters. The van der Waals surface area contributed by atoms with Gasteiger partial charge in [0.05, 0.1) is 30.9 Å². The van der Waals surface area contributed by atoms with Crippen LogP contribution in [0.25, 0.3) is 11.0 Å². The molecule has 0 bridgehead atoms. The predicted molar refractivity (Wildman–Crippen MR) is 109 cm³/mol. The van der Waals surface area contributed by atoms with Gasteiger partial charge < -0.3 is 15.4 Å². The lowest BCUT2D eigenvalue weighted by Gasteiger charge is -2.27. The van der Waals surface area contributed by atoms with Crippen LogP contribution in [-0.4, -0.2) is 79.1 Å². The lowest BCUT2D eigenvalue weighted by atomic mass is 10.3. The van der Waals surface area contributed by atoms with Gasteiger partial charge in [0.1, 0.15) is 0 Å². The van der Waals surface area contributed by atoms with E-state index >= 15 is 0 Å². The van der Waals surface area contributed by atoms with Gasteiger partial charge in [-0.05, 0) is 18.9 Å². The van der Waals surface area contributed by atoms with Gasteiger partial charge in [-0.2, -0.15) is 4.99 Å². The highest BCUT2D eigenvalue weighted by molar-refractivity contribution is 6.01. The smallest absolute Gasteiger partial charge is 0.296 e. The average Bonchev–Trinajstić information content (AvgIpc) is 3.14. The number of ether oxygens (including phenoxy) is 1. The summed E-state index contributed by atoms with van der Waals surface area (Å²) in [6, 6.07) is 6.85. The number of hydrogen-bond donors (Lipinski definition) is 2. The second kappa shape index (κ2) is 10.1. The molecule has 0 radical (unpaired) electrons. The standard InChI is InChI=1S/C18H24F2N8O/c1-22-17(27-8-10-29-11-9-27)26-18(24-12-23-7-6-21)28-14-5-3-2-4-13(14)25-16(28)15(19)20/h2-5,15,23H,1,6-12,21H2/b24-18+,26-17+. The number of guanidine groups is 1. The molecule has 3 N–H and O–H groups in total. The molecule has 9 nitrogen and oxygen atoms in total. The molecule has 0 unspecified atom stereocenters. The average molecular weight is 406 g/mol. The Bertz CT molecular complexity index is 889. The second-order valence-electron chi connectivity index (χ2n) is 6.17. The number of aromatic nitrogens is 2. The van der Waals surface area contributed by atoms with Crippen molar-refractivity contribution in [1.29, 1.82) is 0 Å². The van der Waals surface area contributed by atoms with E-state index in [-0.39, 0.29) is 12.6 Å². The first-order valence-electron chi connectivity index (χ1n) is 9.25. The highest BCUT2D eigenvalue weighted by atomic mass is 19.3. The Morgan fingerprint density at radius 2 is 2.03 bits per heavy atom. The molecule has 0 amide bonds. The summed E-state index contributed by atoms with van der Waals surface area (Å²) in [6.45, 7) is 6.88. The van der Waals surface area contributed by atoms with Crippen molar-refractivity contribution in [3.63, 3.8) is 0 Å². The van der Waals surface area contributed by atoms with E-state index in [9.17, 15) is 8.78 Å². The zero-order chi connectivity index (χ0) is 20.6. The summed E-state index contributed by atoms with van der Waals surface area (Å²) in [6.07, 6.45) is -2.80. The molecule has 1 aromatic heterocycles. The van der Waals surface area contributed by atoms with Crippen LogP contribution >= 0.6 is 0 Å². The number of fused-ring (bicyclic) bond motifs is 1. The first kappa shape index (κ1) is 21.0. The largest absolute Gasteiger partial charge is 0.378 e. The van der Waals surface area contributed by atoms with E-state index in [0.29, 0.717) is 56.4 Å². The van der Waals surface area contributed by atoms with Crippen LogP contribution in [0.1, 0.15) is 12.2 Å². The zero-order valence-corrected chi connectivity index (χ0v) is 16.0. The summed E-state index contributed by atoms with van der Waals surface area (Å²) in [4.78, 5) is 18.8. The number of nitrogens with two attached hydrogens (primary N) is 1. The Morgan fingerprint density at radius 3 is 2.72 bits per heavy atom. The van der Waals surface area contributed by atoms with E-state index in [1.807, 2.05) is 4.90 Å². The fourth-order valence-corrected chi connectivity index (χ4v) is 2.92. The molecule has 2 aromatic rings. The molecule has 11 heteroatoms. The summed E-state index contributed by atoms with van der Waals surface area (Å²) in [5.41, 5.74) is 6.40. The van der Waals surface area contributed by atoms with Gasteiger partial charge in [-0.1, -0.05) is 12.1 Å². The monoisotopic (exact) mass is 406 g/mol. The maximum atomic E-state index is 13.8. The van der Waals surface area contributed by atoms with Crippen molar-refractivity contribution in [2.45, 2.75) is 6.43 Å². The van der Waals surface area contributed by atoms with Crippen molar-refractivity contribution in [2.75, 3.05) is 46.1 Å². The van der Waals surface area contributed by atoms with Crippen LogP contribution in [0.3, 0.4) is 0 Å². The van der Waals surface area contributed by atoms with Crippen LogP contribution in [0.4, 0.5) is 8.78 Å². The third kappa shape index (κ3) is 5.00. The number of hydrogen-bond acceptors (Lipinski definition) is 5. The third-order valence-corrected chi connectivity index (χ3v) is 4.27. The van der Waals surface area contributed by atoms with Crippen molar-refractivity contribution >= 4 is 29.7 Å². The lowest BCUT2D eigenvalue weighted by Crippen LogP contribution is -2.40. The van der Waals surface area contributed by atoms with Gasteiger partial charge in [0.15, 0.2) is 5.82 Å². The topological polar surface area (TPSA) is 105 Å². The number of morpholine rings is 1. The quantitative estimate of drug-likeness (QED) is 0.439. The molecule has 1 aliphatic rings. The van der Waals surface area contributed by atoms with E-state index in [2.05, 4.69) is 32.0 Å². The van der Waals surface area contributed by atoms with Gasteiger partial charge in [0, 0.05) is 26.2 Å². The van der Waals surface area contributed by atoms with Crippen LogP contribution in [0.15, 0.2) is 39.2 Å². The number of rotatable bonds is 5. The molecule has 29 heavy (non-hydrogen) atoms. The van der Waals surface area contributed by atoms with E-state index in [4.69, 9.17) is 10.5 Å². The summed E-state index contributed by atoms with van der Waals surface area (Å²) in [5.74, 6) is -0.0887. The number of para-hydroxylation sites is 2. The maximum absolute atomic E-state index is 13.8. The van der Waals surface area contributed by atoms with Gasteiger partial charge in [-0.3, -0.25) is 9.88 Å². The summed E-state index contributed by atoms with van der Waals surface area (Å²) in [5, 5.41) is 3.01. The minimum atomic E-state index is -2.80. The zero-order valence-electron chi connectivity index (χ0n) is 16.0. The van der Waals surface area contributed by atoms with Gasteiger partial charge in [0.2, 0.25) is 11.9 Å². The Hall–Kier alpha value is -2.76. The van der Waals surface area contributed by atoms with Gasteiger partial charge >= 0.3 is 0 Å². The van der Waals surface area contributed by atoms with Crippen molar-refractivity contribution in [2.24, 2.45) is 20.7 Å². The molecule has 1 saturated heterocycles. The van der Waals surface area contributed by atoms with E-state index < -0.39 is 12.2 Å². The van der Waals surface area contributed by atoms with E-state index in [1.165, 1.54) is 4.57 Å². The molecule has 0 aliphatic carbocycles. The van der Waals surface area contributed by atoms with Crippen LogP contribution in [-0.2, 0) is 4.74 Å². The number of nitrogens with zero attached hydrogens (tertiary/aromatic N) is 6. The molecule has 0 saturated carbocycles. The minimum Gasteiger partial charge on any atom is -0.378 e. The molecule has 1 aromatic carbocycles. The van der Waals surface area contributed by atoms with Crippen LogP contribution < -0.4 is 11.1 Å². The van der Waals surface area contributed by atoms with Crippen LogP contribution in [0.5, 0.6) is 0 Å². The molecular weight excluding hydrogens is 382 g/mol. The number of halogens is 2. The first-order chi connectivity index (χ1) is 14.2. The number of nitrogens with one attached hydrogen (secondary N) is 1. The first-order valence-corrected chi connectivity index (χ1v) is 9.25. The van der Waals surface area contributed by atoms with Crippen molar-refractivity contribution in [1.82, 2.24) is 19.8 Å². The van der Waals surface area contributed by atoms with Crippen LogP contribution in [0, 0.1) is 0 Å². The fourth-order valence-electron chi connectivity index (χ4n) is 2.92. The van der Waals surface area contributed by atoms with Gasteiger partial charge in [0.25, 0.3) is 6.43 Å². The summed E-state index contributed by atoms with van der Waals surface area (Å²) >= 11 is 0. The molecular formula is C18H24F2N8O. The normalized spacial score (nSPS) is 16.1. The van der Waals surface area contributed by atoms with E-state index in [0.717, 1.165) is 0 Å². The number of imidazole rings is 1. The Morgan fingerprint density at radius 1 is 1.28 bits per heavy atom. The molecule has 1 fully saturated rings. The Labute approximate surface area is 167 Å². The molecule has 3 rings (SSSR count). The fraction of sp³-hybridized carbons (Fsp3) is 0.444.